The van der Waals surface area contributed by atoms with E-state index in [1.807, 2.05) is 24.3 Å². The van der Waals surface area contributed by atoms with Crippen molar-refractivity contribution < 1.29 is 14.6 Å². The van der Waals surface area contributed by atoms with Crippen LogP contribution >= 0.6 is 0 Å². The molecule has 0 aromatic heterocycles. The van der Waals surface area contributed by atoms with E-state index in [1.165, 1.54) is 0 Å². The van der Waals surface area contributed by atoms with Crippen LogP contribution < -0.4 is 9.64 Å². The number of anilines is 1. The SMILES string of the molecule is COc1ccc(N2CCC[C@@H]([C@@H](C)O)C2=O)cc1. The summed E-state index contributed by atoms with van der Waals surface area (Å²) in [4.78, 5) is 14.0. The van der Waals surface area contributed by atoms with Crippen molar-refractivity contribution in [2.75, 3.05) is 18.6 Å². The van der Waals surface area contributed by atoms with E-state index in [9.17, 15) is 9.90 Å². The average Bonchev–Trinajstić information content (AvgIpc) is 2.39. The van der Waals surface area contributed by atoms with Gasteiger partial charge in [0.25, 0.3) is 0 Å². The molecule has 1 N–H and O–H groups in total. The molecule has 4 nitrogen and oxygen atoms in total. The number of aliphatic hydroxyl groups is 1. The second-order valence-electron chi connectivity index (χ2n) is 4.68. The number of hydrogen-bond acceptors (Lipinski definition) is 3. The number of carbonyl (C=O) groups excluding carboxylic acids is 1. The van der Waals surface area contributed by atoms with Gasteiger partial charge < -0.3 is 14.7 Å². The fourth-order valence-corrected chi connectivity index (χ4v) is 2.37. The van der Waals surface area contributed by atoms with Gasteiger partial charge in [0.15, 0.2) is 0 Å². The standard InChI is InChI=1S/C14H19NO3/c1-10(16)13-4-3-9-15(14(13)17)11-5-7-12(18-2)8-6-11/h5-8,10,13,16H,3-4,9H2,1-2H3/t10-,13+/m1/s1. The summed E-state index contributed by atoms with van der Waals surface area (Å²) < 4.78 is 5.10. The van der Waals surface area contributed by atoms with Crippen LogP contribution in [-0.4, -0.2) is 30.8 Å². The molecule has 0 aliphatic carbocycles. The van der Waals surface area contributed by atoms with E-state index in [2.05, 4.69) is 0 Å². The third kappa shape index (κ3) is 2.48. The van der Waals surface area contributed by atoms with Crippen molar-refractivity contribution in [2.45, 2.75) is 25.9 Å². The van der Waals surface area contributed by atoms with Gasteiger partial charge in [-0.15, -0.1) is 0 Å². The molecule has 98 valence electrons. The van der Waals surface area contributed by atoms with Gasteiger partial charge >= 0.3 is 0 Å². The smallest absolute Gasteiger partial charge is 0.232 e. The molecule has 0 bridgehead atoms. The molecule has 1 amide bonds. The van der Waals surface area contributed by atoms with Crippen LogP contribution in [0.2, 0.25) is 0 Å². The van der Waals surface area contributed by atoms with Crippen molar-refractivity contribution in [3.05, 3.63) is 24.3 Å². The Morgan fingerprint density at radius 3 is 2.61 bits per heavy atom. The normalized spacial score (nSPS) is 21.8. The van der Waals surface area contributed by atoms with Gasteiger partial charge in [-0.3, -0.25) is 4.79 Å². The highest BCUT2D eigenvalue weighted by Gasteiger charge is 2.32. The Labute approximate surface area is 107 Å². The molecule has 0 saturated carbocycles. The molecule has 1 aliphatic rings. The summed E-state index contributed by atoms with van der Waals surface area (Å²) in [7, 11) is 1.62. The summed E-state index contributed by atoms with van der Waals surface area (Å²) in [6.07, 6.45) is 1.11. The summed E-state index contributed by atoms with van der Waals surface area (Å²) in [6, 6.07) is 7.44. The van der Waals surface area contributed by atoms with Crippen LogP contribution in [-0.2, 0) is 4.79 Å². The third-order valence-corrected chi connectivity index (χ3v) is 3.45. The molecule has 2 rings (SSSR count). The maximum Gasteiger partial charge on any atom is 0.232 e. The Morgan fingerprint density at radius 1 is 1.39 bits per heavy atom. The first-order valence-corrected chi connectivity index (χ1v) is 6.27. The zero-order valence-electron chi connectivity index (χ0n) is 10.8. The van der Waals surface area contributed by atoms with Crippen molar-refractivity contribution in [1.82, 2.24) is 0 Å². The van der Waals surface area contributed by atoms with Crippen molar-refractivity contribution in [2.24, 2.45) is 5.92 Å². The quantitative estimate of drug-likeness (QED) is 0.889. The molecule has 0 spiro atoms. The summed E-state index contributed by atoms with van der Waals surface area (Å²) in [5.41, 5.74) is 0.867. The van der Waals surface area contributed by atoms with Crippen LogP contribution in [0.1, 0.15) is 19.8 Å². The summed E-state index contributed by atoms with van der Waals surface area (Å²) in [6.45, 7) is 2.40. The Bertz CT molecular complexity index is 414. The van der Waals surface area contributed by atoms with Gasteiger partial charge in [0.2, 0.25) is 5.91 Å². The lowest BCUT2D eigenvalue weighted by Crippen LogP contribution is -2.45. The third-order valence-electron chi connectivity index (χ3n) is 3.45. The minimum absolute atomic E-state index is 0.0152. The highest BCUT2D eigenvalue weighted by molar-refractivity contribution is 5.96. The van der Waals surface area contributed by atoms with Crippen LogP contribution in [0.3, 0.4) is 0 Å². The Morgan fingerprint density at radius 2 is 2.06 bits per heavy atom. The van der Waals surface area contributed by atoms with Crippen LogP contribution in [0.25, 0.3) is 0 Å². The second-order valence-corrected chi connectivity index (χ2v) is 4.68. The monoisotopic (exact) mass is 249 g/mol. The van der Waals surface area contributed by atoms with Crippen LogP contribution in [0.4, 0.5) is 5.69 Å². The number of benzene rings is 1. The maximum atomic E-state index is 12.3. The van der Waals surface area contributed by atoms with Crippen LogP contribution in [0.5, 0.6) is 5.75 Å². The fourth-order valence-electron chi connectivity index (χ4n) is 2.37. The highest BCUT2D eigenvalue weighted by atomic mass is 16.5. The number of piperidine rings is 1. The van der Waals surface area contributed by atoms with E-state index in [0.717, 1.165) is 24.3 Å². The van der Waals surface area contributed by atoms with Gasteiger partial charge in [-0.05, 0) is 44.0 Å². The molecule has 2 atom stereocenters. The molecular weight excluding hydrogens is 230 g/mol. The van der Waals surface area contributed by atoms with Gasteiger partial charge in [-0.25, -0.2) is 0 Å². The van der Waals surface area contributed by atoms with E-state index >= 15 is 0 Å². The topological polar surface area (TPSA) is 49.8 Å². The van der Waals surface area contributed by atoms with Crippen molar-refractivity contribution in [1.29, 1.82) is 0 Å². The Kier molecular flexibility index (Phi) is 3.87. The fraction of sp³-hybridized carbons (Fsp3) is 0.500. The van der Waals surface area contributed by atoms with E-state index < -0.39 is 6.10 Å². The Hall–Kier alpha value is -1.55. The first-order valence-electron chi connectivity index (χ1n) is 6.27. The Balaban J connectivity index is 2.18. The zero-order chi connectivity index (χ0) is 13.1. The lowest BCUT2D eigenvalue weighted by atomic mass is 9.92. The van der Waals surface area contributed by atoms with Gasteiger partial charge in [0.05, 0.1) is 19.1 Å². The van der Waals surface area contributed by atoms with Crippen molar-refractivity contribution >= 4 is 11.6 Å². The number of hydrogen-bond donors (Lipinski definition) is 1. The number of amides is 1. The number of methoxy groups -OCH3 is 1. The number of rotatable bonds is 3. The molecule has 0 unspecified atom stereocenters. The van der Waals surface area contributed by atoms with E-state index in [4.69, 9.17) is 4.74 Å². The molecule has 1 saturated heterocycles. The molecule has 4 heteroatoms. The number of aliphatic hydroxyl groups excluding tert-OH is 1. The molecule has 1 aliphatic heterocycles. The first kappa shape index (κ1) is 12.9. The minimum Gasteiger partial charge on any atom is -0.497 e. The van der Waals surface area contributed by atoms with E-state index in [1.54, 1.807) is 18.9 Å². The molecule has 1 aromatic rings. The van der Waals surface area contributed by atoms with Gasteiger partial charge in [-0.1, -0.05) is 0 Å². The maximum absolute atomic E-state index is 12.3. The summed E-state index contributed by atoms with van der Waals surface area (Å²) >= 11 is 0. The largest absolute Gasteiger partial charge is 0.497 e. The first-order chi connectivity index (χ1) is 8.63. The summed E-state index contributed by atoms with van der Waals surface area (Å²) in [5.74, 6) is 0.512. The average molecular weight is 249 g/mol. The molecular formula is C14H19NO3. The lowest BCUT2D eigenvalue weighted by molar-refractivity contribution is -0.127. The van der Waals surface area contributed by atoms with E-state index in [0.29, 0.717) is 6.54 Å². The predicted molar refractivity (Wildman–Crippen MR) is 69.8 cm³/mol. The molecule has 1 heterocycles. The minimum atomic E-state index is -0.585. The number of ether oxygens (including phenoxy) is 1. The van der Waals surface area contributed by atoms with Crippen molar-refractivity contribution in [3.63, 3.8) is 0 Å². The van der Waals surface area contributed by atoms with Crippen molar-refractivity contribution in [3.8, 4) is 5.75 Å². The van der Waals surface area contributed by atoms with Gasteiger partial charge in [-0.2, -0.15) is 0 Å². The van der Waals surface area contributed by atoms with Crippen LogP contribution in [0.15, 0.2) is 24.3 Å². The van der Waals surface area contributed by atoms with E-state index in [-0.39, 0.29) is 11.8 Å². The molecule has 18 heavy (non-hydrogen) atoms. The molecule has 1 fully saturated rings. The number of carbonyl (C=O) groups is 1. The van der Waals surface area contributed by atoms with Gasteiger partial charge in [0.1, 0.15) is 5.75 Å². The highest BCUT2D eigenvalue weighted by Crippen LogP contribution is 2.27. The summed E-state index contributed by atoms with van der Waals surface area (Å²) in [5, 5.41) is 9.63. The van der Waals surface area contributed by atoms with Gasteiger partial charge in [0, 0.05) is 12.2 Å². The lowest BCUT2D eigenvalue weighted by Gasteiger charge is -2.33. The second kappa shape index (κ2) is 5.40. The molecule has 0 radical (unpaired) electrons. The van der Waals surface area contributed by atoms with Crippen LogP contribution in [0, 0.1) is 5.92 Å². The zero-order valence-corrected chi connectivity index (χ0v) is 10.8. The molecule has 1 aromatic carbocycles. The predicted octanol–water partition coefficient (Wildman–Crippen LogP) is 1.82. The number of nitrogens with zero attached hydrogens (tertiary/aromatic N) is 1.